The Morgan fingerprint density at radius 1 is 1.35 bits per heavy atom. The van der Waals surface area contributed by atoms with Crippen molar-refractivity contribution in [2.24, 2.45) is 0 Å². The van der Waals surface area contributed by atoms with E-state index in [1.807, 2.05) is 0 Å². The summed E-state index contributed by atoms with van der Waals surface area (Å²) in [5.41, 5.74) is 1.39. The maximum atomic E-state index is 12.1. The molecule has 0 saturated carbocycles. The number of fused-ring (bicyclic) bond motifs is 1. The van der Waals surface area contributed by atoms with Crippen molar-refractivity contribution in [1.82, 2.24) is 5.32 Å². The molecule has 0 bridgehead atoms. The van der Waals surface area contributed by atoms with Crippen molar-refractivity contribution in [1.29, 1.82) is 0 Å². The van der Waals surface area contributed by atoms with E-state index in [9.17, 15) is 9.90 Å². The Hall–Kier alpha value is -0.870. The fraction of sp³-hybridized carbons (Fsp3) is 0.688. The Bertz CT molecular complexity index is 414. The lowest BCUT2D eigenvalue weighted by Gasteiger charge is -2.07. The van der Waals surface area contributed by atoms with Crippen molar-refractivity contribution >= 4 is 17.2 Å². The number of hydrogen-bond acceptors (Lipinski definition) is 3. The van der Waals surface area contributed by atoms with E-state index >= 15 is 0 Å². The molecule has 1 aliphatic rings. The Kier molecular flexibility index (Phi) is 6.05. The number of thiophene rings is 1. The van der Waals surface area contributed by atoms with Gasteiger partial charge in [-0.25, -0.2) is 0 Å². The number of nitrogens with one attached hydrogen (secondary N) is 1. The number of hydrogen-bond donors (Lipinski definition) is 2. The largest absolute Gasteiger partial charge is 0.393 e. The van der Waals surface area contributed by atoms with Crippen LogP contribution in [0, 0.1) is 0 Å². The summed E-state index contributed by atoms with van der Waals surface area (Å²) in [6.07, 6.45) is 8.68. The molecule has 0 saturated heterocycles. The van der Waals surface area contributed by atoms with Gasteiger partial charge in [-0.2, -0.15) is 0 Å². The lowest BCUT2D eigenvalue weighted by molar-refractivity contribution is 0.0953. The van der Waals surface area contributed by atoms with Gasteiger partial charge in [-0.05, 0) is 57.1 Å². The average Bonchev–Trinajstić information content (AvgIpc) is 2.77. The van der Waals surface area contributed by atoms with Crippen LogP contribution in [0.2, 0.25) is 0 Å². The van der Waals surface area contributed by atoms with Crippen LogP contribution in [0.3, 0.4) is 0 Å². The van der Waals surface area contributed by atoms with E-state index in [0.717, 1.165) is 30.6 Å². The Balaban J connectivity index is 1.88. The SMILES string of the molecule is CC(O)CCCNC(=O)c1cc2c(s1)CCCCCC2. The van der Waals surface area contributed by atoms with Gasteiger partial charge in [0, 0.05) is 11.4 Å². The van der Waals surface area contributed by atoms with Crippen molar-refractivity contribution in [3.05, 3.63) is 21.4 Å². The molecule has 0 spiro atoms. The highest BCUT2D eigenvalue weighted by molar-refractivity contribution is 7.14. The van der Waals surface area contributed by atoms with Crippen molar-refractivity contribution in [3.63, 3.8) is 0 Å². The molecule has 1 aromatic heterocycles. The summed E-state index contributed by atoms with van der Waals surface area (Å²) in [4.78, 5) is 14.4. The Morgan fingerprint density at radius 3 is 2.85 bits per heavy atom. The standard InChI is InChI=1S/C16H25NO2S/c1-12(18)7-6-10-17-16(19)15-11-13-8-4-2-3-5-9-14(13)20-15/h11-12,18H,2-10H2,1H3,(H,17,19). The zero-order valence-corrected chi connectivity index (χ0v) is 13.1. The number of aliphatic hydroxyl groups is 1. The summed E-state index contributed by atoms with van der Waals surface area (Å²) in [6.45, 7) is 2.42. The van der Waals surface area contributed by atoms with Crippen LogP contribution in [0.1, 0.15) is 65.6 Å². The van der Waals surface area contributed by atoms with Crippen molar-refractivity contribution in [2.75, 3.05) is 6.54 Å². The summed E-state index contributed by atoms with van der Waals surface area (Å²) < 4.78 is 0. The van der Waals surface area contributed by atoms with Gasteiger partial charge in [0.25, 0.3) is 5.91 Å². The lowest BCUT2D eigenvalue weighted by atomic mass is 10.00. The first-order chi connectivity index (χ1) is 9.66. The van der Waals surface area contributed by atoms with E-state index in [2.05, 4.69) is 11.4 Å². The number of carbonyl (C=O) groups excluding carboxylic acids is 1. The van der Waals surface area contributed by atoms with Crippen molar-refractivity contribution in [3.8, 4) is 0 Å². The molecular formula is C16H25NO2S. The monoisotopic (exact) mass is 295 g/mol. The maximum absolute atomic E-state index is 12.1. The van der Waals surface area contributed by atoms with Crippen LogP contribution >= 0.6 is 11.3 Å². The minimum absolute atomic E-state index is 0.0485. The molecule has 1 aromatic rings. The van der Waals surface area contributed by atoms with Gasteiger partial charge in [-0.1, -0.05) is 12.8 Å². The predicted octanol–water partition coefficient (Wildman–Crippen LogP) is 3.30. The van der Waals surface area contributed by atoms with E-state index in [4.69, 9.17) is 0 Å². The van der Waals surface area contributed by atoms with Crippen LogP contribution in [0.4, 0.5) is 0 Å². The van der Waals surface area contributed by atoms with Crippen molar-refractivity contribution in [2.45, 2.75) is 64.4 Å². The first-order valence-corrected chi connectivity index (χ1v) is 8.56. The number of amides is 1. The highest BCUT2D eigenvalue weighted by Crippen LogP contribution is 2.28. The van der Waals surface area contributed by atoms with Gasteiger partial charge in [-0.3, -0.25) is 4.79 Å². The van der Waals surface area contributed by atoms with Crippen LogP contribution in [0.5, 0.6) is 0 Å². The third kappa shape index (κ3) is 4.60. The molecule has 1 atom stereocenters. The first kappa shape index (κ1) is 15.5. The van der Waals surface area contributed by atoms with E-state index < -0.39 is 0 Å². The molecule has 2 N–H and O–H groups in total. The molecule has 1 unspecified atom stereocenters. The number of aryl methyl sites for hydroxylation is 2. The summed E-state index contributed by atoms with van der Waals surface area (Å²) in [5.74, 6) is 0.0485. The summed E-state index contributed by atoms with van der Waals surface area (Å²) in [6, 6.07) is 2.09. The van der Waals surface area contributed by atoms with E-state index in [1.165, 1.54) is 36.1 Å². The molecule has 2 rings (SSSR count). The topological polar surface area (TPSA) is 49.3 Å². The Labute approximate surface area is 125 Å². The minimum atomic E-state index is -0.284. The highest BCUT2D eigenvalue weighted by Gasteiger charge is 2.15. The fourth-order valence-corrected chi connectivity index (χ4v) is 3.81. The van der Waals surface area contributed by atoms with Gasteiger partial charge in [0.05, 0.1) is 11.0 Å². The zero-order chi connectivity index (χ0) is 14.4. The van der Waals surface area contributed by atoms with Crippen LogP contribution in [-0.4, -0.2) is 23.7 Å². The second kappa shape index (κ2) is 7.79. The van der Waals surface area contributed by atoms with Gasteiger partial charge >= 0.3 is 0 Å². The molecule has 0 aromatic carbocycles. The fourth-order valence-electron chi connectivity index (χ4n) is 2.64. The predicted molar refractivity (Wildman–Crippen MR) is 83.4 cm³/mol. The third-order valence-corrected chi connectivity index (χ3v) is 5.04. The molecule has 20 heavy (non-hydrogen) atoms. The molecular weight excluding hydrogens is 270 g/mol. The van der Waals surface area contributed by atoms with Gasteiger partial charge < -0.3 is 10.4 Å². The minimum Gasteiger partial charge on any atom is -0.393 e. The summed E-state index contributed by atoms with van der Waals surface area (Å²) >= 11 is 1.67. The average molecular weight is 295 g/mol. The van der Waals surface area contributed by atoms with Crippen LogP contribution < -0.4 is 5.32 Å². The Morgan fingerprint density at radius 2 is 2.10 bits per heavy atom. The van der Waals surface area contributed by atoms with Crippen LogP contribution in [-0.2, 0) is 12.8 Å². The van der Waals surface area contributed by atoms with Crippen LogP contribution in [0.15, 0.2) is 6.07 Å². The number of aliphatic hydroxyl groups excluding tert-OH is 1. The molecule has 1 aliphatic carbocycles. The van der Waals surface area contributed by atoms with E-state index in [-0.39, 0.29) is 12.0 Å². The molecule has 3 nitrogen and oxygen atoms in total. The van der Waals surface area contributed by atoms with E-state index in [1.54, 1.807) is 18.3 Å². The smallest absolute Gasteiger partial charge is 0.261 e. The van der Waals surface area contributed by atoms with Crippen molar-refractivity contribution < 1.29 is 9.90 Å². The molecule has 0 radical (unpaired) electrons. The second-order valence-electron chi connectivity index (χ2n) is 5.72. The molecule has 0 fully saturated rings. The number of carbonyl (C=O) groups is 1. The molecule has 4 heteroatoms. The molecule has 112 valence electrons. The summed E-state index contributed by atoms with van der Waals surface area (Å²) in [5, 5.41) is 12.1. The molecule has 1 heterocycles. The van der Waals surface area contributed by atoms with Gasteiger partial charge in [0.15, 0.2) is 0 Å². The number of rotatable bonds is 5. The molecule has 1 amide bonds. The normalized spacial score (nSPS) is 16.9. The zero-order valence-electron chi connectivity index (χ0n) is 12.3. The second-order valence-corrected chi connectivity index (χ2v) is 6.86. The summed E-state index contributed by atoms with van der Waals surface area (Å²) in [7, 11) is 0. The maximum Gasteiger partial charge on any atom is 0.261 e. The van der Waals surface area contributed by atoms with E-state index in [0.29, 0.717) is 6.54 Å². The molecule has 0 aliphatic heterocycles. The van der Waals surface area contributed by atoms with Crippen LogP contribution in [0.25, 0.3) is 0 Å². The highest BCUT2D eigenvalue weighted by atomic mass is 32.1. The van der Waals surface area contributed by atoms with Gasteiger partial charge in [-0.15, -0.1) is 11.3 Å². The van der Waals surface area contributed by atoms with Gasteiger partial charge in [0.1, 0.15) is 0 Å². The van der Waals surface area contributed by atoms with Gasteiger partial charge in [0.2, 0.25) is 0 Å². The first-order valence-electron chi connectivity index (χ1n) is 7.74. The third-order valence-electron chi connectivity index (χ3n) is 3.80. The quantitative estimate of drug-likeness (QED) is 0.819. The lowest BCUT2D eigenvalue weighted by Crippen LogP contribution is -2.24.